The Bertz CT molecular complexity index is 431. The molecule has 1 aromatic heterocycles. The van der Waals surface area contributed by atoms with Crippen LogP contribution >= 0.6 is 0 Å². The first-order valence-corrected chi connectivity index (χ1v) is 5.84. The number of hydrogen-bond donors (Lipinski definition) is 0. The standard InChI is InChI=1S/C8H12N2O3S/c1-5-7(13-3)6(2)10-8(9-5)14(4,11)12/h1-4H3. The largest absolute Gasteiger partial charge is 0.493 e. The van der Waals surface area contributed by atoms with Crippen molar-refractivity contribution in [2.24, 2.45) is 0 Å². The summed E-state index contributed by atoms with van der Waals surface area (Å²) in [4.78, 5) is 7.70. The second kappa shape index (κ2) is 3.53. The molecule has 1 heterocycles. The molecule has 0 N–H and O–H groups in total. The number of sulfone groups is 1. The fraction of sp³-hybridized carbons (Fsp3) is 0.500. The van der Waals surface area contributed by atoms with Crippen molar-refractivity contribution in [3.8, 4) is 5.75 Å². The molecule has 0 atom stereocenters. The minimum Gasteiger partial charge on any atom is -0.493 e. The topological polar surface area (TPSA) is 69.2 Å². The van der Waals surface area contributed by atoms with E-state index in [9.17, 15) is 8.42 Å². The molecular weight excluding hydrogens is 204 g/mol. The van der Waals surface area contributed by atoms with Crippen LogP contribution < -0.4 is 4.74 Å². The number of rotatable bonds is 2. The van der Waals surface area contributed by atoms with Crippen LogP contribution in [0.2, 0.25) is 0 Å². The Morgan fingerprint density at radius 2 is 1.57 bits per heavy atom. The first-order chi connectivity index (χ1) is 6.36. The van der Waals surface area contributed by atoms with E-state index in [0.717, 1.165) is 6.26 Å². The lowest BCUT2D eigenvalue weighted by Crippen LogP contribution is -2.08. The maximum atomic E-state index is 11.2. The summed E-state index contributed by atoms with van der Waals surface area (Å²) in [5.41, 5.74) is 1.06. The van der Waals surface area contributed by atoms with Gasteiger partial charge in [0.1, 0.15) is 0 Å². The fourth-order valence-electron chi connectivity index (χ4n) is 1.14. The summed E-state index contributed by atoms with van der Waals surface area (Å²) in [5, 5.41) is -0.159. The van der Waals surface area contributed by atoms with Crippen molar-refractivity contribution in [1.82, 2.24) is 9.97 Å². The van der Waals surface area contributed by atoms with E-state index in [2.05, 4.69) is 9.97 Å². The highest BCUT2D eigenvalue weighted by Gasteiger charge is 2.15. The average Bonchev–Trinajstić information content (AvgIpc) is 2.01. The summed E-state index contributed by atoms with van der Waals surface area (Å²) in [6.07, 6.45) is 1.08. The Hall–Kier alpha value is -1.17. The molecule has 6 heteroatoms. The molecule has 0 aliphatic rings. The molecule has 0 fully saturated rings. The van der Waals surface area contributed by atoms with E-state index in [1.165, 1.54) is 7.11 Å². The molecule has 0 aliphatic heterocycles. The highest BCUT2D eigenvalue weighted by molar-refractivity contribution is 7.90. The first-order valence-electron chi connectivity index (χ1n) is 3.95. The maximum absolute atomic E-state index is 11.2. The van der Waals surface area contributed by atoms with Gasteiger partial charge in [-0.25, -0.2) is 18.4 Å². The normalized spacial score (nSPS) is 11.4. The van der Waals surface area contributed by atoms with Gasteiger partial charge in [0.15, 0.2) is 5.75 Å². The molecule has 14 heavy (non-hydrogen) atoms. The Morgan fingerprint density at radius 1 is 1.14 bits per heavy atom. The van der Waals surface area contributed by atoms with Gasteiger partial charge in [-0.3, -0.25) is 0 Å². The molecular formula is C8H12N2O3S. The third-order valence-electron chi connectivity index (χ3n) is 1.72. The van der Waals surface area contributed by atoms with Gasteiger partial charge in [-0.05, 0) is 13.8 Å². The summed E-state index contributed by atoms with van der Waals surface area (Å²) in [5.74, 6) is 0.525. The Labute approximate surface area is 83.1 Å². The van der Waals surface area contributed by atoms with Crippen LogP contribution in [0.4, 0.5) is 0 Å². The highest BCUT2D eigenvalue weighted by Crippen LogP contribution is 2.20. The molecule has 0 amide bonds. The molecule has 0 saturated carbocycles. The van der Waals surface area contributed by atoms with Crippen LogP contribution in [0.25, 0.3) is 0 Å². The summed E-state index contributed by atoms with van der Waals surface area (Å²) >= 11 is 0. The number of aryl methyl sites for hydroxylation is 2. The van der Waals surface area contributed by atoms with Gasteiger partial charge in [-0.2, -0.15) is 0 Å². The van der Waals surface area contributed by atoms with Crippen molar-refractivity contribution in [1.29, 1.82) is 0 Å². The lowest BCUT2D eigenvalue weighted by molar-refractivity contribution is 0.400. The number of nitrogens with zero attached hydrogens (tertiary/aromatic N) is 2. The SMILES string of the molecule is COc1c(C)nc(S(C)(=O)=O)nc1C. The van der Waals surface area contributed by atoms with Gasteiger partial charge in [0.2, 0.25) is 15.0 Å². The van der Waals surface area contributed by atoms with Gasteiger partial charge in [-0.15, -0.1) is 0 Å². The quantitative estimate of drug-likeness (QED) is 0.673. The van der Waals surface area contributed by atoms with Crippen LogP contribution in [0.5, 0.6) is 5.75 Å². The zero-order valence-electron chi connectivity index (χ0n) is 8.53. The minimum absolute atomic E-state index is 0.159. The molecule has 78 valence electrons. The first kappa shape index (κ1) is 10.9. The molecule has 0 bridgehead atoms. The van der Waals surface area contributed by atoms with E-state index < -0.39 is 9.84 Å². The van der Waals surface area contributed by atoms with Crippen LogP contribution in [0.15, 0.2) is 5.16 Å². The zero-order chi connectivity index (χ0) is 10.9. The average molecular weight is 216 g/mol. The molecule has 0 aliphatic carbocycles. The summed E-state index contributed by atoms with van der Waals surface area (Å²) in [6.45, 7) is 3.37. The maximum Gasteiger partial charge on any atom is 0.247 e. The van der Waals surface area contributed by atoms with Gasteiger partial charge in [-0.1, -0.05) is 0 Å². The molecule has 1 aromatic rings. The Kier molecular flexibility index (Phi) is 2.75. The van der Waals surface area contributed by atoms with Crippen LogP contribution in [-0.2, 0) is 9.84 Å². The van der Waals surface area contributed by atoms with E-state index in [0.29, 0.717) is 17.1 Å². The summed E-state index contributed by atoms with van der Waals surface area (Å²) < 4.78 is 27.4. The van der Waals surface area contributed by atoms with Gasteiger partial charge in [0.05, 0.1) is 18.5 Å². The third kappa shape index (κ3) is 2.01. The molecule has 0 unspecified atom stereocenters. The Balaban J connectivity index is 3.43. The van der Waals surface area contributed by atoms with E-state index in [1.54, 1.807) is 13.8 Å². The minimum atomic E-state index is -3.35. The van der Waals surface area contributed by atoms with E-state index in [4.69, 9.17) is 4.74 Å². The monoisotopic (exact) mass is 216 g/mol. The highest BCUT2D eigenvalue weighted by atomic mass is 32.2. The van der Waals surface area contributed by atoms with Gasteiger partial charge < -0.3 is 4.74 Å². The zero-order valence-corrected chi connectivity index (χ0v) is 9.34. The summed E-state index contributed by atoms with van der Waals surface area (Å²) in [6, 6.07) is 0. The van der Waals surface area contributed by atoms with Crippen molar-refractivity contribution < 1.29 is 13.2 Å². The third-order valence-corrected chi connectivity index (χ3v) is 2.57. The number of ether oxygens (including phenoxy) is 1. The van der Waals surface area contributed by atoms with Crippen molar-refractivity contribution >= 4 is 9.84 Å². The van der Waals surface area contributed by atoms with Crippen LogP contribution in [0, 0.1) is 13.8 Å². The van der Waals surface area contributed by atoms with Crippen molar-refractivity contribution in [2.75, 3.05) is 13.4 Å². The van der Waals surface area contributed by atoms with Crippen LogP contribution in [0.3, 0.4) is 0 Å². The predicted molar refractivity (Wildman–Crippen MR) is 51.2 cm³/mol. The second-order valence-electron chi connectivity index (χ2n) is 2.98. The predicted octanol–water partition coefficient (Wildman–Crippen LogP) is 0.506. The van der Waals surface area contributed by atoms with Crippen LogP contribution in [-0.4, -0.2) is 31.8 Å². The molecule has 5 nitrogen and oxygen atoms in total. The smallest absolute Gasteiger partial charge is 0.247 e. The Morgan fingerprint density at radius 3 is 1.86 bits per heavy atom. The molecule has 0 aromatic carbocycles. The number of aromatic nitrogens is 2. The van der Waals surface area contributed by atoms with Gasteiger partial charge in [0.25, 0.3) is 0 Å². The molecule has 0 radical (unpaired) electrons. The lowest BCUT2D eigenvalue weighted by atomic mass is 10.3. The second-order valence-corrected chi connectivity index (χ2v) is 4.89. The molecule has 1 rings (SSSR count). The molecule has 0 saturated heterocycles. The number of hydrogen-bond acceptors (Lipinski definition) is 5. The van der Waals surface area contributed by atoms with E-state index in [1.807, 2.05) is 0 Å². The van der Waals surface area contributed by atoms with Gasteiger partial charge in [0, 0.05) is 6.26 Å². The summed E-state index contributed by atoms with van der Waals surface area (Å²) in [7, 11) is -1.85. The van der Waals surface area contributed by atoms with Crippen molar-refractivity contribution in [2.45, 2.75) is 19.0 Å². The lowest BCUT2D eigenvalue weighted by Gasteiger charge is -2.07. The van der Waals surface area contributed by atoms with Crippen molar-refractivity contribution in [3.63, 3.8) is 0 Å². The molecule has 0 spiro atoms. The van der Waals surface area contributed by atoms with Gasteiger partial charge >= 0.3 is 0 Å². The van der Waals surface area contributed by atoms with Crippen molar-refractivity contribution in [3.05, 3.63) is 11.4 Å². The fourth-order valence-corrected chi connectivity index (χ4v) is 1.74. The number of methoxy groups -OCH3 is 1. The van der Waals surface area contributed by atoms with E-state index >= 15 is 0 Å². The van der Waals surface area contributed by atoms with Crippen LogP contribution in [0.1, 0.15) is 11.4 Å². The van der Waals surface area contributed by atoms with E-state index in [-0.39, 0.29) is 5.16 Å².